The molecule has 0 aromatic heterocycles. The summed E-state index contributed by atoms with van der Waals surface area (Å²) in [6.07, 6.45) is -0.439. The van der Waals surface area contributed by atoms with Gasteiger partial charge in [-0.15, -0.1) is 0 Å². The van der Waals surface area contributed by atoms with E-state index in [1.54, 1.807) is 42.5 Å². The van der Waals surface area contributed by atoms with E-state index in [2.05, 4.69) is 10.0 Å². The Balaban J connectivity index is 2.28. The number of halogens is 1. The summed E-state index contributed by atoms with van der Waals surface area (Å²) in [4.78, 5) is 35.9. The molecule has 0 fully saturated rings. The molecule has 2 aromatic carbocycles. The number of amides is 2. The molecule has 2 atom stereocenters. The third-order valence-electron chi connectivity index (χ3n) is 4.74. The van der Waals surface area contributed by atoms with Gasteiger partial charge in [0.1, 0.15) is 12.7 Å². The second-order valence-electron chi connectivity index (χ2n) is 7.34. The number of carbonyl (C=O) groups is 3. The number of Topliss-reactive ketones (excluding diaryl/α,β-unsaturated/α-hetero) is 1. The topological polar surface area (TPSA) is 135 Å². The van der Waals surface area contributed by atoms with Crippen LogP contribution in [0.25, 0.3) is 0 Å². The minimum absolute atomic E-state index is 0.00980. The van der Waals surface area contributed by atoms with Gasteiger partial charge < -0.3 is 11.1 Å². The predicted octanol–water partition coefficient (Wildman–Crippen LogP) is 1.17. The van der Waals surface area contributed by atoms with E-state index in [9.17, 15) is 27.2 Å². The maximum atomic E-state index is 13.0. The van der Waals surface area contributed by atoms with Crippen LogP contribution in [0.15, 0.2) is 59.5 Å². The molecule has 0 bridgehead atoms. The molecule has 2 rings (SSSR count). The fourth-order valence-corrected chi connectivity index (χ4v) is 4.17. The van der Waals surface area contributed by atoms with Crippen molar-refractivity contribution in [3.8, 4) is 0 Å². The molecular weight excluding hydrogens is 437 g/mol. The van der Waals surface area contributed by atoms with E-state index in [0.29, 0.717) is 5.56 Å². The van der Waals surface area contributed by atoms with Crippen molar-refractivity contribution in [2.45, 2.75) is 43.2 Å². The highest BCUT2D eigenvalue weighted by Gasteiger charge is 2.29. The number of alkyl halides is 1. The number of nitrogens with two attached hydrogens (primary N) is 1. The van der Waals surface area contributed by atoms with Crippen LogP contribution >= 0.6 is 0 Å². The Morgan fingerprint density at radius 2 is 1.62 bits per heavy atom. The Kier molecular flexibility index (Phi) is 9.03. The van der Waals surface area contributed by atoms with Gasteiger partial charge in [0.15, 0.2) is 5.78 Å². The van der Waals surface area contributed by atoms with Crippen LogP contribution in [-0.2, 0) is 30.8 Å². The van der Waals surface area contributed by atoms with Crippen LogP contribution < -0.4 is 15.8 Å². The Bertz CT molecular complexity index is 1040. The zero-order valence-corrected chi connectivity index (χ0v) is 18.4. The van der Waals surface area contributed by atoms with Gasteiger partial charge in [0.05, 0.1) is 10.9 Å². The monoisotopic (exact) mass is 463 g/mol. The van der Waals surface area contributed by atoms with Gasteiger partial charge in [-0.25, -0.2) is 12.8 Å². The number of aryl methyl sites for hydroxylation is 1. The number of hydrogen-bond donors (Lipinski definition) is 3. The molecular formula is C22H26FN3O5S. The van der Waals surface area contributed by atoms with Crippen molar-refractivity contribution in [3.05, 3.63) is 65.7 Å². The number of hydrogen-bond acceptors (Lipinski definition) is 5. The van der Waals surface area contributed by atoms with Crippen molar-refractivity contribution in [1.82, 2.24) is 10.0 Å². The van der Waals surface area contributed by atoms with E-state index in [1.165, 1.54) is 12.1 Å². The summed E-state index contributed by atoms with van der Waals surface area (Å²) in [6, 6.07) is 12.2. The molecule has 8 nitrogen and oxygen atoms in total. The molecule has 0 aliphatic heterocycles. The molecule has 0 saturated carbocycles. The van der Waals surface area contributed by atoms with Crippen molar-refractivity contribution < 1.29 is 27.2 Å². The highest BCUT2D eigenvalue weighted by Crippen LogP contribution is 2.13. The maximum absolute atomic E-state index is 13.0. The van der Waals surface area contributed by atoms with E-state index in [4.69, 9.17) is 5.73 Å². The molecule has 172 valence electrons. The van der Waals surface area contributed by atoms with Gasteiger partial charge in [0, 0.05) is 6.42 Å². The molecule has 4 N–H and O–H groups in total. The summed E-state index contributed by atoms with van der Waals surface area (Å²) >= 11 is 0. The lowest BCUT2D eigenvalue weighted by molar-refractivity contribution is -0.129. The number of primary amides is 1. The molecule has 0 aliphatic rings. The number of rotatable bonds is 12. The van der Waals surface area contributed by atoms with Crippen LogP contribution in [0, 0.1) is 6.92 Å². The van der Waals surface area contributed by atoms with Crippen LogP contribution in [0.1, 0.15) is 24.0 Å². The molecule has 0 aliphatic carbocycles. The minimum Gasteiger partial charge on any atom is -0.370 e. The smallest absolute Gasteiger partial charge is 0.241 e. The van der Waals surface area contributed by atoms with Gasteiger partial charge >= 0.3 is 0 Å². The van der Waals surface area contributed by atoms with E-state index >= 15 is 0 Å². The average molecular weight is 464 g/mol. The average Bonchev–Trinajstić information content (AvgIpc) is 2.76. The van der Waals surface area contributed by atoms with Gasteiger partial charge in [-0.05, 0) is 37.5 Å². The molecule has 0 saturated heterocycles. The molecule has 0 spiro atoms. The highest BCUT2D eigenvalue weighted by molar-refractivity contribution is 7.89. The van der Waals surface area contributed by atoms with Crippen molar-refractivity contribution in [1.29, 1.82) is 0 Å². The summed E-state index contributed by atoms with van der Waals surface area (Å²) < 4.78 is 41.0. The van der Waals surface area contributed by atoms with Crippen molar-refractivity contribution >= 4 is 27.6 Å². The zero-order valence-electron chi connectivity index (χ0n) is 17.6. The Hall–Kier alpha value is -3.11. The standard InChI is InChI=1S/C22H26FN3O5S/c1-15-7-9-17(10-8-15)32(30,31)26-19(13-16-5-3-2-4-6-16)22(29)25-18(20(27)14-23)11-12-21(24)28/h2-10,18-19,26H,11-14H2,1H3,(H2,24,28)(H,25,29)/t18?,19-/m0/s1. The first kappa shape index (κ1) is 25.2. The van der Waals surface area contributed by atoms with E-state index in [1.807, 2.05) is 6.92 Å². The Morgan fingerprint density at radius 3 is 2.19 bits per heavy atom. The van der Waals surface area contributed by atoms with Crippen LogP contribution in [0.2, 0.25) is 0 Å². The first-order valence-corrected chi connectivity index (χ1v) is 11.4. The fraction of sp³-hybridized carbons (Fsp3) is 0.318. The first-order valence-electron chi connectivity index (χ1n) is 9.92. The lowest BCUT2D eigenvalue weighted by atomic mass is 10.0. The van der Waals surface area contributed by atoms with Crippen molar-refractivity contribution in [3.63, 3.8) is 0 Å². The van der Waals surface area contributed by atoms with Crippen molar-refractivity contribution in [2.75, 3.05) is 6.67 Å². The number of benzene rings is 2. The Morgan fingerprint density at radius 1 is 1.00 bits per heavy atom. The summed E-state index contributed by atoms with van der Waals surface area (Å²) in [7, 11) is -4.07. The summed E-state index contributed by atoms with van der Waals surface area (Å²) in [6.45, 7) is 0.464. The molecule has 32 heavy (non-hydrogen) atoms. The van der Waals surface area contributed by atoms with E-state index < -0.39 is 46.4 Å². The van der Waals surface area contributed by atoms with Crippen LogP contribution in [0.5, 0.6) is 0 Å². The highest BCUT2D eigenvalue weighted by atomic mass is 32.2. The second-order valence-corrected chi connectivity index (χ2v) is 9.06. The van der Waals surface area contributed by atoms with E-state index in [-0.39, 0.29) is 24.2 Å². The number of sulfonamides is 1. The van der Waals surface area contributed by atoms with Crippen LogP contribution in [0.4, 0.5) is 4.39 Å². The summed E-state index contributed by atoms with van der Waals surface area (Å²) in [5.41, 5.74) is 6.62. The summed E-state index contributed by atoms with van der Waals surface area (Å²) in [5, 5.41) is 2.36. The number of nitrogens with one attached hydrogen (secondary N) is 2. The second kappa shape index (κ2) is 11.5. The first-order chi connectivity index (χ1) is 15.1. The van der Waals surface area contributed by atoms with Gasteiger partial charge in [-0.3, -0.25) is 14.4 Å². The van der Waals surface area contributed by atoms with Gasteiger partial charge in [-0.2, -0.15) is 4.72 Å². The van der Waals surface area contributed by atoms with Gasteiger partial charge in [0.2, 0.25) is 21.8 Å². The van der Waals surface area contributed by atoms with Crippen LogP contribution in [-0.4, -0.2) is 44.8 Å². The molecule has 2 amide bonds. The quantitative estimate of drug-likeness (QED) is 0.434. The molecule has 10 heteroatoms. The minimum atomic E-state index is -4.07. The largest absolute Gasteiger partial charge is 0.370 e. The maximum Gasteiger partial charge on any atom is 0.241 e. The van der Waals surface area contributed by atoms with Crippen molar-refractivity contribution in [2.24, 2.45) is 5.73 Å². The summed E-state index contributed by atoms with van der Waals surface area (Å²) in [5.74, 6) is -2.46. The third kappa shape index (κ3) is 7.54. The number of carbonyl (C=O) groups excluding carboxylic acids is 3. The zero-order chi connectivity index (χ0) is 23.7. The van der Waals surface area contributed by atoms with Gasteiger partial charge in [-0.1, -0.05) is 48.0 Å². The number of ketones is 1. The Labute approximate surface area is 186 Å². The normalized spacial score (nSPS) is 13.2. The predicted molar refractivity (Wildman–Crippen MR) is 117 cm³/mol. The molecule has 0 heterocycles. The van der Waals surface area contributed by atoms with Crippen LogP contribution in [0.3, 0.4) is 0 Å². The fourth-order valence-electron chi connectivity index (χ4n) is 2.98. The van der Waals surface area contributed by atoms with Gasteiger partial charge in [0.25, 0.3) is 0 Å². The molecule has 2 aromatic rings. The molecule has 0 radical (unpaired) electrons. The molecule has 1 unspecified atom stereocenters. The van der Waals surface area contributed by atoms with E-state index in [0.717, 1.165) is 5.56 Å². The third-order valence-corrected chi connectivity index (χ3v) is 6.23. The lowest BCUT2D eigenvalue weighted by Gasteiger charge is -2.22. The lowest BCUT2D eigenvalue weighted by Crippen LogP contribution is -2.52. The SMILES string of the molecule is Cc1ccc(S(=O)(=O)N[C@@H](Cc2ccccc2)C(=O)NC(CCC(N)=O)C(=O)CF)cc1.